The minimum absolute atomic E-state index is 0.617. The molecule has 3 aliphatic rings. The number of rotatable bonds is 3. The number of anilines is 1. The second kappa shape index (κ2) is 4.47. The smallest absolute Gasteiger partial charge is 0.126 e. The van der Waals surface area contributed by atoms with Crippen LogP contribution >= 0.6 is 22.6 Å². The quantitative estimate of drug-likeness (QED) is 0.491. The van der Waals surface area contributed by atoms with E-state index in [4.69, 9.17) is 0 Å². The summed E-state index contributed by atoms with van der Waals surface area (Å²) in [5, 5.41) is 3.55. The van der Waals surface area contributed by atoms with Gasteiger partial charge in [-0.25, -0.2) is 9.29 Å². The Morgan fingerprint density at radius 1 is 1.38 bits per heavy atom. The molecule has 5 heteroatoms. The molecule has 2 bridgehead atoms. The largest absolute Gasteiger partial charge is 0.367 e. The van der Waals surface area contributed by atoms with Gasteiger partial charge in [-0.1, -0.05) is 17.7 Å². The fraction of sp³-hybridized carbons (Fsp3) is 0.545. The molecule has 0 aromatic carbocycles. The zero-order valence-corrected chi connectivity index (χ0v) is 10.6. The molecule has 1 aromatic heterocycles. The van der Waals surface area contributed by atoms with E-state index in [1.165, 1.54) is 6.42 Å². The van der Waals surface area contributed by atoms with Gasteiger partial charge in [-0.05, 0) is 41.4 Å². The maximum absolute atomic E-state index is 4.32. The van der Waals surface area contributed by atoms with Crippen molar-refractivity contribution >= 4 is 28.5 Å². The minimum atomic E-state index is 0.617. The summed E-state index contributed by atoms with van der Waals surface area (Å²) in [6, 6.07) is 6.64. The molecule has 3 fully saturated rings. The molecule has 0 radical (unpaired) electrons. The van der Waals surface area contributed by atoms with Crippen LogP contribution in [0.15, 0.2) is 24.4 Å². The molecule has 0 spiro atoms. The molecule has 2 aliphatic heterocycles. The molecule has 2 unspecified atom stereocenters. The Morgan fingerprint density at radius 2 is 2.19 bits per heavy atom. The SMILES string of the molecule is SSN1CC2CC(C1)C2Nc1ccccn1. The average Bonchev–Trinajstić information content (AvgIpc) is 2.37. The van der Waals surface area contributed by atoms with E-state index < -0.39 is 0 Å². The number of pyridine rings is 1. The van der Waals surface area contributed by atoms with Crippen LogP contribution < -0.4 is 5.32 Å². The molecule has 2 atom stereocenters. The number of nitrogens with one attached hydrogen (secondary N) is 1. The molecule has 0 amide bonds. The zero-order chi connectivity index (χ0) is 11.0. The molecule has 1 saturated carbocycles. The van der Waals surface area contributed by atoms with Crippen molar-refractivity contribution in [3.8, 4) is 0 Å². The third kappa shape index (κ3) is 1.92. The Hall–Kier alpha value is -0.390. The first-order chi connectivity index (χ1) is 7.86. The van der Waals surface area contributed by atoms with Crippen LogP contribution in [0.1, 0.15) is 6.42 Å². The third-order valence-corrected chi connectivity index (χ3v) is 4.81. The van der Waals surface area contributed by atoms with Crippen molar-refractivity contribution in [2.45, 2.75) is 12.5 Å². The first kappa shape index (κ1) is 10.7. The fourth-order valence-electron chi connectivity index (χ4n) is 2.77. The second-order valence-electron chi connectivity index (χ2n) is 4.57. The Bertz CT molecular complexity index is 348. The monoisotopic (exact) mass is 253 g/mol. The van der Waals surface area contributed by atoms with E-state index in [0.29, 0.717) is 6.04 Å². The molecule has 86 valence electrons. The van der Waals surface area contributed by atoms with Crippen molar-refractivity contribution in [2.24, 2.45) is 11.8 Å². The van der Waals surface area contributed by atoms with E-state index in [1.54, 1.807) is 11.0 Å². The summed E-state index contributed by atoms with van der Waals surface area (Å²) in [4.78, 5) is 4.32. The Morgan fingerprint density at radius 3 is 2.81 bits per heavy atom. The summed E-state index contributed by atoms with van der Waals surface area (Å²) in [7, 11) is 1.57. The van der Waals surface area contributed by atoms with Crippen LogP contribution in [-0.4, -0.2) is 28.4 Å². The molecule has 2 saturated heterocycles. The molecule has 1 aliphatic carbocycles. The van der Waals surface area contributed by atoms with Crippen LogP contribution in [0, 0.1) is 11.8 Å². The van der Waals surface area contributed by atoms with Crippen LogP contribution in [0.4, 0.5) is 5.82 Å². The molecule has 1 N–H and O–H groups in total. The molecular formula is C11H15N3S2. The highest BCUT2D eigenvalue weighted by Gasteiger charge is 2.46. The van der Waals surface area contributed by atoms with Crippen molar-refractivity contribution in [3.63, 3.8) is 0 Å². The molecule has 3 heterocycles. The van der Waals surface area contributed by atoms with Crippen molar-refractivity contribution in [3.05, 3.63) is 24.4 Å². The van der Waals surface area contributed by atoms with E-state index in [-0.39, 0.29) is 0 Å². The van der Waals surface area contributed by atoms with Gasteiger partial charge in [-0.2, -0.15) is 0 Å². The molecule has 1 aromatic rings. The summed E-state index contributed by atoms with van der Waals surface area (Å²) in [5.41, 5.74) is 0. The summed E-state index contributed by atoms with van der Waals surface area (Å²) in [6.45, 7) is 2.30. The van der Waals surface area contributed by atoms with Gasteiger partial charge in [0, 0.05) is 25.3 Å². The normalized spacial score (nSPS) is 33.2. The maximum Gasteiger partial charge on any atom is 0.126 e. The number of piperidine rings is 2. The fourth-order valence-corrected chi connectivity index (χ4v) is 3.68. The minimum Gasteiger partial charge on any atom is -0.367 e. The lowest BCUT2D eigenvalue weighted by Gasteiger charge is -2.53. The first-order valence-electron chi connectivity index (χ1n) is 5.61. The van der Waals surface area contributed by atoms with Crippen molar-refractivity contribution in [1.29, 1.82) is 0 Å². The predicted molar refractivity (Wildman–Crippen MR) is 71.4 cm³/mol. The van der Waals surface area contributed by atoms with Crippen LogP contribution in [0.2, 0.25) is 0 Å². The Kier molecular flexibility index (Phi) is 3.00. The number of aromatic nitrogens is 1. The lowest BCUT2D eigenvalue weighted by molar-refractivity contribution is 0.0634. The Balaban J connectivity index is 1.63. The number of hydrogen-bond acceptors (Lipinski definition) is 5. The van der Waals surface area contributed by atoms with Gasteiger partial charge in [0.25, 0.3) is 0 Å². The summed E-state index contributed by atoms with van der Waals surface area (Å²) in [6.07, 6.45) is 3.20. The van der Waals surface area contributed by atoms with Crippen molar-refractivity contribution in [2.75, 3.05) is 18.4 Å². The van der Waals surface area contributed by atoms with E-state index in [9.17, 15) is 0 Å². The lowest BCUT2D eigenvalue weighted by Crippen LogP contribution is -2.59. The predicted octanol–water partition coefficient (Wildman–Crippen LogP) is 2.31. The summed E-state index contributed by atoms with van der Waals surface area (Å²) < 4.78 is 2.35. The van der Waals surface area contributed by atoms with Crippen LogP contribution in [-0.2, 0) is 0 Å². The lowest BCUT2D eigenvalue weighted by atomic mass is 9.67. The topological polar surface area (TPSA) is 28.2 Å². The van der Waals surface area contributed by atoms with Gasteiger partial charge in [-0.3, -0.25) is 0 Å². The Labute approximate surface area is 105 Å². The van der Waals surface area contributed by atoms with E-state index >= 15 is 0 Å². The van der Waals surface area contributed by atoms with Crippen LogP contribution in [0.5, 0.6) is 0 Å². The third-order valence-electron chi connectivity index (χ3n) is 3.59. The standard InChI is InChI=1S/C11H15N3S2/c15-16-14-6-8-5-9(7-14)11(8)13-10-3-1-2-4-12-10/h1-4,8-9,11,15H,5-7H2,(H,12,13). The van der Waals surface area contributed by atoms with Gasteiger partial charge in [-0.15, -0.1) is 0 Å². The van der Waals surface area contributed by atoms with E-state index in [1.807, 2.05) is 24.4 Å². The van der Waals surface area contributed by atoms with Crippen molar-refractivity contribution < 1.29 is 0 Å². The van der Waals surface area contributed by atoms with Gasteiger partial charge in [0.05, 0.1) is 0 Å². The van der Waals surface area contributed by atoms with Gasteiger partial charge < -0.3 is 5.32 Å². The molecule has 16 heavy (non-hydrogen) atoms. The first-order valence-corrected chi connectivity index (χ1v) is 7.43. The average molecular weight is 253 g/mol. The maximum atomic E-state index is 4.32. The second-order valence-corrected chi connectivity index (χ2v) is 5.74. The number of hydrogen-bond donors (Lipinski definition) is 2. The van der Waals surface area contributed by atoms with Crippen LogP contribution in [0.3, 0.4) is 0 Å². The summed E-state index contributed by atoms with van der Waals surface area (Å²) >= 11 is 4.26. The number of fused-ring (bicyclic) bond motifs is 2. The molecule has 3 nitrogen and oxygen atoms in total. The highest BCUT2D eigenvalue weighted by molar-refractivity contribution is 8.67. The summed E-state index contributed by atoms with van der Waals surface area (Å²) in [5.74, 6) is 2.54. The van der Waals surface area contributed by atoms with Gasteiger partial charge in [0.1, 0.15) is 5.82 Å². The molecular weight excluding hydrogens is 238 g/mol. The number of thiol groups is 1. The highest BCUT2D eigenvalue weighted by Crippen LogP contribution is 2.43. The van der Waals surface area contributed by atoms with Crippen molar-refractivity contribution in [1.82, 2.24) is 9.29 Å². The number of nitrogens with zero attached hydrogens (tertiary/aromatic N) is 2. The van der Waals surface area contributed by atoms with Gasteiger partial charge in [0.2, 0.25) is 0 Å². The highest BCUT2D eigenvalue weighted by atomic mass is 33.1. The zero-order valence-electron chi connectivity index (χ0n) is 8.91. The van der Waals surface area contributed by atoms with Gasteiger partial charge >= 0.3 is 0 Å². The molecule has 4 rings (SSSR count). The van der Waals surface area contributed by atoms with Gasteiger partial charge in [0.15, 0.2) is 0 Å². The van der Waals surface area contributed by atoms with E-state index in [0.717, 1.165) is 30.7 Å². The van der Waals surface area contributed by atoms with Crippen LogP contribution in [0.25, 0.3) is 0 Å². The van der Waals surface area contributed by atoms with E-state index in [2.05, 4.69) is 26.3 Å².